The molecule has 23 heavy (non-hydrogen) atoms. The molecule has 0 aromatic heterocycles. The highest BCUT2D eigenvalue weighted by Gasteiger charge is 2.07. The zero-order valence-corrected chi connectivity index (χ0v) is 12.6. The summed E-state index contributed by atoms with van der Waals surface area (Å²) in [6.07, 6.45) is 0.716. The Morgan fingerprint density at radius 2 is 1.70 bits per heavy atom. The third-order valence-electron chi connectivity index (χ3n) is 2.90. The summed E-state index contributed by atoms with van der Waals surface area (Å²) in [4.78, 5) is 10.4. The summed E-state index contributed by atoms with van der Waals surface area (Å²) in [6, 6.07) is 8.56. The summed E-state index contributed by atoms with van der Waals surface area (Å²) in [5.41, 5.74) is 6.33. The van der Waals surface area contributed by atoms with Crippen LogP contribution in [0.5, 0.6) is 23.0 Å². The van der Waals surface area contributed by atoms with Crippen LogP contribution in [0.1, 0.15) is 15.9 Å². The molecule has 0 aliphatic rings. The number of rotatable bonds is 4. The molecule has 0 saturated heterocycles. The summed E-state index contributed by atoms with van der Waals surface area (Å²) >= 11 is 0. The number of benzene rings is 2. The van der Waals surface area contributed by atoms with Crippen LogP contribution in [0.15, 0.2) is 36.4 Å². The van der Waals surface area contributed by atoms with Crippen molar-refractivity contribution in [3.63, 3.8) is 0 Å². The number of ether oxygens (including phenoxy) is 1. The number of carboxylic acids is 1. The van der Waals surface area contributed by atoms with E-state index in [2.05, 4.69) is 0 Å². The highest BCUT2D eigenvalue weighted by molar-refractivity contribution is 5.88. The highest BCUT2D eigenvalue weighted by Crippen LogP contribution is 2.26. The van der Waals surface area contributed by atoms with Gasteiger partial charge in [-0.3, -0.25) is 0 Å². The van der Waals surface area contributed by atoms with Crippen LogP contribution in [0.4, 0.5) is 0 Å². The lowest BCUT2D eigenvalue weighted by Gasteiger charge is -2.02. The summed E-state index contributed by atoms with van der Waals surface area (Å²) in [6.45, 7) is 0.546. The molecule has 0 heterocycles. The van der Waals surface area contributed by atoms with Crippen LogP contribution in [0.25, 0.3) is 0 Å². The molecule has 0 saturated carbocycles. The van der Waals surface area contributed by atoms with Gasteiger partial charge in [0.1, 0.15) is 0 Å². The molecule has 2 aromatic rings. The van der Waals surface area contributed by atoms with Crippen molar-refractivity contribution in [1.29, 1.82) is 0 Å². The van der Waals surface area contributed by atoms with Gasteiger partial charge in [0.05, 0.1) is 12.7 Å². The fraction of sp³-hybridized carbons (Fsp3) is 0.188. The van der Waals surface area contributed by atoms with E-state index in [1.165, 1.54) is 37.4 Å². The average Bonchev–Trinajstić information content (AvgIpc) is 2.52. The Morgan fingerprint density at radius 1 is 1.04 bits per heavy atom. The van der Waals surface area contributed by atoms with Crippen LogP contribution in [0, 0.1) is 0 Å². The van der Waals surface area contributed by atoms with Crippen LogP contribution in [0.2, 0.25) is 0 Å². The van der Waals surface area contributed by atoms with Gasteiger partial charge in [0.25, 0.3) is 0 Å². The van der Waals surface area contributed by atoms with Crippen LogP contribution < -0.4 is 10.5 Å². The molecule has 0 bridgehead atoms. The molecule has 0 unspecified atom stereocenters. The first kappa shape index (κ1) is 18.1. The number of hydrogen-bond donors (Lipinski definition) is 5. The van der Waals surface area contributed by atoms with E-state index in [1.54, 1.807) is 6.07 Å². The summed E-state index contributed by atoms with van der Waals surface area (Å²) in [7, 11) is 1.36. The largest absolute Gasteiger partial charge is 0.504 e. The topological polar surface area (TPSA) is 133 Å². The number of phenols is 3. The van der Waals surface area contributed by atoms with Gasteiger partial charge in [-0.15, -0.1) is 0 Å². The molecule has 2 rings (SSSR count). The number of aromatic carboxylic acids is 1. The number of aromatic hydroxyl groups is 3. The number of hydrogen-bond acceptors (Lipinski definition) is 6. The van der Waals surface area contributed by atoms with Gasteiger partial charge in [0.15, 0.2) is 23.0 Å². The van der Waals surface area contributed by atoms with E-state index in [0.29, 0.717) is 13.0 Å². The third-order valence-corrected chi connectivity index (χ3v) is 2.90. The van der Waals surface area contributed by atoms with Crippen molar-refractivity contribution in [3.05, 3.63) is 47.5 Å². The van der Waals surface area contributed by atoms with Crippen LogP contribution in [-0.4, -0.2) is 40.0 Å². The Morgan fingerprint density at radius 3 is 2.22 bits per heavy atom. The molecule has 124 valence electrons. The number of nitrogens with two attached hydrogens (primary N) is 1. The van der Waals surface area contributed by atoms with Crippen molar-refractivity contribution < 1.29 is 30.0 Å². The van der Waals surface area contributed by atoms with Gasteiger partial charge in [0, 0.05) is 0 Å². The lowest BCUT2D eigenvalue weighted by Crippen LogP contribution is -2.02. The lowest BCUT2D eigenvalue weighted by atomic mass is 10.1. The molecule has 0 spiro atoms. The zero-order valence-electron chi connectivity index (χ0n) is 12.6. The van der Waals surface area contributed by atoms with E-state index in [0.717, 1.165) is 5.56 Å². The van der Waals surface area contributed by atoms with E-state index in [1.807, 2.05) is 0 Å². The molecule has 0 amide bonds. The number of phenolic OH excluding ortho intramolecular Hbond substituents is 3. The molecular formula is C16H19NO6. The summed E-state index contributed by atoms with van der Waals surface area (Å²) < 4.78 is 4.72. The quantitative estimate of drug-likeness (QED) is 0.541. The molecule has 0 fully saturated rings. The molecule has 6 N–H and O–H groups in total. The normalized spacial score (nSPS) is 9.65. The average molecular weight is 321 g/mol. The van der Waals surface area contributed by atoms with Crippen molar-refractivity contribution in [1.82, 2.24) is 0 Å². The maximum atomic E-state index is 10.4. The van der Waals surface area contributed by atoms with E-state index in [4.69, 9.17) is 30.9 Å². The SMILES string of the molecule is COc1cc(C(=O)O)ccc1O.NCCc1ccc(O)c(O)c1. The maximum Gasteiger partial charge on any atom is 0.335 e. The fourth-order valence-electron chi connectivity index (χ4n) is 1.70. The maximum absolute atomic E-state index is 10.4. The molecule has 2 aromatic carbocycles. The van der Waals surface area contributed by atoms with E-state index < -0.39 is 5.97 Å². The second-order valence-electron chi connectivity index (χ2n) is 4.55. The summed E-state index contributed by atoms with van der Waals surface area (Å²) in [5.74, 6) is -1.13. The van der Waals surface area contributed by atoms with Crippen LogP contribution in [0.3, 0.4) is 0 Å². The first-order chi connectivity index (χ1) is 10.9. The predicted molar refractivity (Wildman–Crippen MR) is 84.1 cm³/mol. The van der Waals surface area contributed by atoms with Gasteiger partial charge in [-0.25, -0.2) is 4.79 Å². The summed E-state index contributed by atoms with van der Waals surface area (Å²) in [5, 5.41) is 35.6. The van der Waals surface area contributed by atoms with Gasteiger partial charge in [0.2, 0.25) is 0 Å². The fourth-order valence-corrected chi connectivity index (χ4v) is 1.70. The number of carbonyl (C=O) groups is 1. The van der Waals surface area contributed by atoms with Crippen molar-refractivity contribution in [2.75, 3.05) is 13.7 Å². The molecular weight excluding hydrogens is 302 g/mol. The molecule has 0 atom stereocenters. The van der Waals surface area contributed by atoms with Gasteiger partial charge in [-0.2, -0.15) is 0 Å². The minimum absolute atomic E-state index is 0.0671. The Kier molecular flexibility index (Phi) is 6.69. The lowest BCUT2D eigenvalue weighted by molar-refractivity contribution is 0.0696. The van der Waals surface area contributed by atoms with Crippen molar-refractivity contribution in [3.8, 4) is 23.0 Å². The Bertz CT molecular complexity index is 672. The Balaban J connectivity index is 0.000000231. The zero-order chi connectivity index (χ0) is 17.4. The number of methoxy groups -OCH3 is 1. The van der Waals surface area contributed by atoms with E-state index in [9.17, 15) is 4.79 Å². The predicted octanol–water partition coefficient (Wildman–Crippen LogP) is 1.70. The van der Waals surface area contributed by atoms with Gasteiger partial charge in [-0.1, -0.05) is 6.07 Å². The molecule has 7 nitrogen and oxygen atoms in total. The minimum atomic E-state index is -1.05. The first-order valence-corrected chi connectivity index (χ1v) is 6.70. The van der Waals surface area contributed by atoms with E-state index in [-0.39, 0.29) is 28.6 Å². The van der Waals surface area contributed by atoms with Gasteiger partial charge >= 0.3 is 5.97 Å². The van der Waals surface area contributed by atoms with Crippen molar-refractivity contribution >= 4 is 5.97 Å². The smallest absolute Gasteiger partial charge is 0.335 e. The molecule has 7 heteroatoms. The van der Waals surface area contributed by atoms with Crippen molar-refractivity contribution in [2.24, 2.45) is 5.73 Å². The second kappa shape index (κ2) is 8.50. The third kappa shape index (κ3) is 5.40. The Hall–Kier alpha value is -2.93. The second-order valence-corrected chi connectivity index (χ2v) is 4.55. The standard InChI is InChI=1S/C8H11NO2.C8H8O4/c9-4-3-6-1-2-7(10)8(11)5-6;1-12-7-4-5(8(10)11)2-3-6(7)9/h1-2,5,10-11H,3-4,9H2;2-4,9H,1H3,(H,10,11). The Labute approximate surface area is 133 Å². The van der Waals surface area contributed by atoms with Crippen molar-refractivity contribution in [2.45, 2.75) is 6.42 Å². The number of carboxylic acid groups (broad SMARTS) is 1. The molecule has 0 aliphatic carbocycles. The van der Waals surface area contributed by atoms with Gasteiger partial charge in [-0.05, 0) is 48.9 Å². The highest BCUT2D eigenvalue weighted by atomic mass is 16.5. The van der Waals surface area contributed by atoms with E-state index >= 15 is 0 Å². The molecule has 0 aliphatic heterocycles. The van der Waals surface area contributed by atoms with Gasteiger partial charge < -0.3 is 30.9 Å². The van der Waals surface area contributed by atoms with Crippen LogP contribution in [-0.2, 0) is 6.42 Å². The molecule has 0 radical (unpaired) electrons. The van der Waals surface area contributed by atoms with Crippen LogP contribution >= 0.6 is 0 Å². The monoisotopic (exact) mass is 321 g/mol. The first-order valence-electron chi connectivity index (χ1n) is 6.70. The minimum Gasteiger partial charge on any atom is -0.504 e.